The third-order valence-electron chi connectivity index (χ3n) is 8.50. The van der Waals surface area contributed by atoms with Crippen molar-refractivity contribution < 1.29 is 32.2 Å². The van der Waals surface area contributed by atoms with E-state index in [0.29, 0.717) is 44.2 Å². The van der Waals surface area contributed by atoms with Gasteiger partial charge in [0.25, 0.3) is 5.91 Å². The van der Waals surface area contributed by atoms with Crippen LogP contribution in [0.3, 0.4) is 0 Å². The van der Waals surface area contributed by atoms with Crippen molar-refractivity contribution in [1.29, 1.82) is 0 Å². The van der Waals surface area contributed by atoms with Gasteiger partial charge in [-0.05, 0) is 55.8 Å². The molecule has 2 aliphatic rings. The Morgan fingerprint density at radius 1 is 1.15 bits per heavy atom. The fourth-order valence-electron chi connectivity index (χ4n) is 6.06. The molecule has 0 bridgehead atoms. The monoisotopic (exact) mass is 674 g/mol. The van der Waals surface area contributed by atoms with E-state index in [1.165, 1.54) is 36.9 Å². The summed E-state index contributed by atoms with van der Waals surface area (Å²) in [4.78, 5) is 42.7. The number of ether oxygens (including phenoxy) is 2. The van der Waals surface area contributed by atoms with Gasteiger partial charge < -0.3 is 19.2 Å². The standard InChI is InChI=1S/C33H41F3N6O4S/c1-32(2)10-4-11-41(21-32)19-27-29(23-6-7-26(46-15-5-14-45-3)24(16-23)33(34,35)36)39-31(47-27)40-30(44)25-17-38-28(18-37-25)42-12-8-22(20-43)9-13-42/h6-7,16-18,20,22H,4-5,8-15,19,21H2,1-3H3,(H,39,40,44). The van der Waals surface area contributed by atoms with Gasteiger partial charge in [-0.1, -0.05) is 25.2 Å². The van der Waals surface area contributed by atoms with Crippen molar-refractivity contribution in [2.45, 2.75) is 58.7 Å². The number of thiazole rings is 1. The molecule has 0 unspecified atom stereocenters. The molecule has 47 heavy (non-hydrogen) atoms. The van der Waals surface area contributed by atoms with Crippen LogP contribution >= 0.6 is 11.3 Å². The minimum Gasteiger partial charge on any atom is -0.493 e. The highest BCUT2D eigenvalue weighted by Crippen LogP contribution is 2.41. The number of hydrogen-bond donors (Lipinski definition) is 1. The molecular formula is C33H41F3N6O4S. The van der Waals surface area contributed by atoms with Gasteiger partial charge in [0.05, 0.1) is 30.3 Å². The number of rotatable bonds is 12. The second kappa shape index (κ2) is 15.1. The van der Waals surface area contributed by atoms with Crippen LogP contribution in [0.2, 0.25) is 0 Å². The minimum absolute atomic E-state index is 0.0520. The van der Waals surface area contributed by atoms with Crippen LogP contribution in [0, 0.1) is 11.3 Å². The van der Waals surface area contributed by atoms with Crippen molar-refractivity contribution in [3.63, 3.8) is 0 Å². The highest BCUT2D eigenvalue weighted by atomic mass is 32.1. The summed E-state index contributed by atoms with van der Waals surface area (Å²) < 4.78 is 53.1. The van der Waals surface area contributed by atoms with Crippen LogP contribution in [0.15, 0.2) is 30.6 Å². The number of anilines is 2. The third kappa shape index (κ3) is 9.05. The molecule has 0 saturated carbocycles. The molecule has 2 fully saturated rings. The minimum atomic E-state index is -4.65. The molecule has 10 nitrogen and oxygen atoms in total. The maximum absolute atomic E-state index is 14.2. The van der Waals surface area contributed by atoms with E-state index in [2.05, 4.69) is 39.0 Å². The predicted molar refractivity (Wildman–Crippen MR) is 174 cm³/mol. The first kappa shape index (κ1) is 34.7. The highest BCUT2D eigenvalue weighted by molar-refractivity contribution is 7.16. The maximum Gasteiger partial charge on any atom is 0.419 e. The summed E-state index contributed by atoms with van der Waals surface area (Å²) in [5.41, 5.74) is -0.0261. The summed E-state index contributed by atoms with van der Waals surface area (Å²) in [6.45, 7) is 8.42. The molecule has 0 spiro atoms. The van der Waals surface area contributed by atoms with Crippen molar-refractivity contribution in [2.75, 3.05) is 56.7 Å². The van der Waals surface area contributed by atoms with Gasteiger partial charge in [-0.15, -0.1) is 0 Å². The first-order chi connectivity index (χ1) is 22.5. The van der Waals surface area contributed by atoms with Crippen molar-refractivity contribution >= 4 is 34.5 Å². The summed E-state index contributed by atoms with van der Waals surface area (Å²) in [7, 11) is 1.52. The lowest BCUT2D eigenvalue weighted by Crippen LogP contribution is -2.39. The molecule has 1 amide bonds. The number of nitrogens with zero attached hydrogens (tertiary/aromatic N) is 5. The van der Waals surface area contributed by atoms with Crippen molar-refractivity contribution in [3.05, 3.63) is 46.7 Å². The van der Waals surface area contributed by atoms with Crippen molar-refractivity contribution in [3.8, 4) is 17.0 Å². The lowest BCUT2D eigenvalue weighted by Gasteiger charge is -2.37. The Bertz CT molecular complexity index is 1520. The second-order valence-electron chi connectivity index (χ2n) is 12.8. The molecule has 4 heterocycles. The van der Waals surface area contributed by atoms with Gasteiger partial charge in [-0.2, -0.15) is 13.2 Å². The number of nitrogens with one attached hydrogen (secondary N) is 1. The van der Waals surface area contributed by atoms with E-state index in [1.54, 1.807) is 6.07 Å². The smallest absolute Gasteiger partial charge is 0.419 e. The quantitative estimate of drug-likeness (QED) is 0.174. The van der Waals surface area contributed by atoms with Crippen LogP contribution in [-0.2, 0) is 22.3 Å². The summed E-state index contributed by atoms with van der Waals surface area (Å²) >= 11 is 1.24. The Labute approximate surface area is 276 Å². The molecule has 2 aliphatic heterocycles. The number of amides is 1. The Balaban J connectivity index is 1.39. The molecule has 2 aromatic heterocycles. The second-order valence-corrected chi connectivity index (χ2v) is 13.9. The molecule has 1 N–H and O–H groups in total. The first-order valence-corrected chi connectivity index (χ1v) is 16.7. The number of halogens is 3. The summed E-state index contributed by atoms with van der Waals surface area (Å²) in [6, 6.07) is 3.97. The zero-order chi connectivity index (χ0) is 33.6. The normalized spacial score (nSPS) is 17.4. The van der Waals surface area contributed by atoms with Crippen molar-refractivity contribution in [1.82, 2.24) is 19.9 Å². The topological polar surface area (TPSA) is 110 Å². The van der Waals surface area contributed by atoms with Gasteiger partial charge in [0.15, 0.2) is 5.13 Å². The highest BCUT2D eigenvalue weighted by Gasteiger charge is 2.35. The molecule has 0 aliphatic carbocycles. The number of aldehydes is 1. The summed E-state index contributed by atoms with van der Waals surface area (Å²) in [5, 5.41) is 3.04. The Morgan fingerprint density at radius 2 is 1.94 bits per heavy atom. The number of alkyl halides is 3. The van der Waals surface area contributed by atoms with E-state index in [4.69, 9.17) is 9.47 Å². The lowest BCUT2D eigenvalue weighted by atomic mass is 9.84. The van der Waals surface area contributed by atoms with E-state index in [0.717, 1.165) is 56.0 Å². The van der Waals surface area contributed by atoms with Gasteiger partial charge in [0.1, 0.15) is 23.5 Å². The molecule has 14 heteroatoms. The summed E-state index contributed by atoms with van der Waals surface area (Å²) in [6.07, 6.45) is 3.31. The summed E-state index contributed by atoms with van der Waals surface area (Å²) in [5.74, 6) is -0.0991. The Kier molecular flexibility index (Phi) is 11.1. The van der Waals surface area contributed by atoms with Gasteiger partial charge in [0.2, 0.25) is 0 Å². The van der Waals surface area contributed by atoms with E-state index in [1.807, 2.05) is 4.90 Å². The number of hydrogen-bond acceptors (Lipinski definition) is 10. The van der Waals surface area contributed by atoms with E-state index < -0.39 is 17.6 Å². The SMILES string of the molecule is COCCCOc1ccc(-c2nc(NC(=O)c3cnc(N4CCC(C=O)CC4)cn3)sc2CN2CCCC(C)(C)C2)cc1C(F)(F)F. The van der Waals surface area contributed by atoms with Crippen LogP contribution in [0.4, 0.5) is 24.1 Å². The largest absolute Gasteiger partial charge is 0.493 e. The van der Waals surface area contributed by atoms with E-state index in [-0.39, 0.29) is 40.1 Å². The zero-order valence-electron chi connectivity index (χ0n) is 26.9. The molecule has 0 atom stereocenters. The maximum atomic E-state index is 14.2. The lowest BCUT2D eigenvalue weighted by molar-refractivity contribution is -0.139. The Hall–Kier alpha value is -3.62. The zero-order valence-corrected chi connectivity index (χ0v) is 27.8. The van der Waals surface area contributed by atoms with E-state index in [9.17, 15) is 22.8 Å². The molecule has 1 aromatic carbocycles. The first-order valence-electron chi connectivity index (χ1n) is 15.8. The molecule has 5 rings (SSSR count). The average Bonchev–Trinajstić information content (AvgIpc) is 3.43. The number of carbonyl (C=O) groups is 2. The van der Waals surface area contributed by atoms with Gasteiger partial charge in [-0.3, -0.25) is 15.0 Å². The number of piperidine rings is 2. The van der Waals surface area contributed by atoms with Gasteiger partial charge in [0, 0.05) is 62.7 Å². The molecule has 254 valence electrons. The number of aromatic nitrogens is 3. The van der Waals surface area contributed by atoms with Crippen LogP contribution in [-0.4, -0.2) is 78.5 Å². The predicted octanol–water partition coefficient (Wildman–Crippen LogP) is 6.32. The molecule has 2 saturated heterocycles. The van der Waals surface area contributed by atoms with Gasteiger partial charge in [-0.25, -0.2) is 15.0 Å². The molecule has 3 aromatic rings. The van der Waals surface area contributed by atoms with Crippen LogP contribution in [0.25, 0.3) is 11.3 Å². The number of carbonyl (C=O) groups excluding carboxylic acids is 2. The average molecular weight is 675 g/mol. The van der Waals surface area contributed by atoms with Crippen LogP contribution < -0.4 is 15.0 Å². The van der Waals surface area contributed by atoms with Gasteiger partial charge >= 0.3 is 6.18 Å². The third-order valence-corrected chi connectivity index (χ3v) is 9.46. The Morgan fingerprint density at radius 3 is 2.60 bits per heavy atom. The fourth-order valence-corrected chi connectivity index (χ4v) is 7.08. The molecular weight excluding hydrogens is 633 g/mol. The van der Waals surface area contributed by atoms with Crippen LogP contribution in [0.1, 0.15) is 66.9 Å². The van der Waals surface area contributed by atoms with E-state index >= 15 is 0 Å². The fraction of sp³-hybridized carbons (Fsp3) is 0.545. The number of methoxy groups -OCH3 is 1. The number of likely N-dealkylation sites (tertiary alicyclic amines) is 1. The number of benzene rings is 1. The van der Waals surface area contributed by atoms with Crippen molar-refractivity contribution in [2.24, 2.45) is 11.3 Å². The molecule has 0 radical (unpaired) electrons. The van der Waals surface area contributed by atoms with Crippen LogP contribution in [0.5, 0.6) is 5.75 Å².